The summed E-state index contributed by atoms with van der Waals surface area (Å²) in [7, 11) is 1.48. The SMILES string of the molecule is COC(=O)[C@]1(C)CCC(C)[C@@H](C)C1. The molecule has 0 spiro atoms. The van der Waals surface area contributed by atoms with Gasteiger partial charge in [-0.15, -0.1) is 0 Å². The molecule has 0 bridgehead atoms. The van der Waals surface area contributed by atoms with Crippen LogP contribution in [0.25, 0.3) is 0 Å². The molecule has 0 aromatic rings. The van der Waals surface area contributed by atoms with Crippen molar-refractivity contribution in [1.82, 2.24) is 0 Å². The Bertz CT molecular complexity index is 200. The summed E-state index contributed by atoms with van der Waals surface area (Å²) in [6.07, 6.45) is 3.10. The van der Waals surface area contributed by atoms with Crippen LogP contribution < -0.4 is 0 Å². The molecule has 0 amide bonds. The molecule has 13 heavy (non-hydrogen) atoms. The minimum Gasteiger partial charge on any atom is -0.469 e. The summed E-state index contributed by atoms with van der Waals surface area (Å²) >= 11 is 0. The standard InChI is InChI=1S/C11H20O2/c1-8-5-6-11(3,7-9(8)2)10(12)13-4/h8-9H,5-7H2,1-4H3/t8?,9-,11+/m0/s1. The maximum Gasteiger partial charge on any atom is 0.311 e. The van der Waals surface area contributed by atoms with Crippen molar-refractivity contribution in [3.63, 3.8) is 0 Å². The van der Waals surface area contributed by atoms with E-state index in [4.69, 9.17) is 4.74 Å². The van der Waals surface area contributed by atoms with Gasteiger partial charge >= 0.3 is 5.97 Å². The van der Waals surface area contributed by atoms with Crippen molar-refractivity contribution in [3.8, 4) is 0 Å². The average molecular weight is 184 g/mol. The zero-order valence-electron chi connectivity index (χ0n) is 9.09. The molecule has 1 aliphatic rings. The Morgan fingerprint density at radius 2 is 2.00 bits per heavy atom. The third kappa shape index (κ3) is 2.04. The highest BCUT2D eigenvalue weighted by molar-refractivity contribution is 5.76. The fourth-order valence-corrected chi connectivity index (χ4v) is 2.28. The van der Waals surface area contributed by atoms with Gasteiger partial charge in [0.25, 0.3) is 0 Å². The fourth-order valence-electron chi connectivity index (χ4n) is 2.28. The Morgan fingerprint density at radius 1 is 1.38 bits per heavy atom. The summed E-state index contributed by atoms with van der Waals surface area (Å²) in [5.74, 6) is 1.35. The van der Waals surface area contributed by atoms with E-state index in [2.05, 4.69) is 13.8 Å². The van der Waals surface area contributed by atoms with Gasteiger partial charge < -0.3 is 4.74 Å². The third-order valence-electron chi connectivity index (χ3n) is 3.57. The van der Waals surface area contributed by atoms with Gasteiger partial charge in [0.15, 0.2) is 0 Å². The van der Waals surface area contributed by atoms with Crippen molar-refractivity contribution < 1.29 is 9.53 Å². The van der Waals surface area contributed by atoms with Gasteiger partial charge in [0.1, 0.15) is 0 Å². The summed E-state index contributed by atoms with van der Waals surface area (Å²) in [6, 6.07) is 0. The van der Waals surface area contributed by atoms with Crippen LogP contribution in [0.5, 0.6) is 0 Å². The Kier molecular flexibility index (Phi) is 2.99. The Morgan fingerprint density at radius 3 is 2.46 bits per heavy atom. The lowest BCUT2D eigenvalue weighted by molar-refractivity contribution is -0.155. The molecule has 2 nitrogen and oxygen atoms in total. The molecule has 0 aromatic carbocycles. The predicted octanol–water partition coefficient (Wildman–Crippen LogP) is 2.62. The number of hydrogen-bond donors (Lipinski definition) is 0. The molecule has 0 saturated heterocycles. The van der Waals surface area contributed by atoms with Crippen molar-refractivity contribution >= 4 is 5.97 Å². The van der Waals surface area contributed by atoms with Crippen LogP contribution in [-0.2, 0) is 9.53 Å². The summed E-state index contributed by atoms with van der Waals surface area (Å²) in [6.45, 7) is 6.52. The Hall–Kier alpha value is -0.530. The summed E-state index contributed by atoms with van der Waals surface area (Å²) in [5.41, 5.74) is -0.222. The van der Waals surface area contributed by atoms with E-state index in [1.165, 1.54) is 7.11 Å². The first-order valence-electron chi connectivity index (χ1n) is 5.08. The lowest BCUT2D eigenvalue weighted by Crippen LogP contribution is -2.36. The summed E-state index contributed by atoms with van der Waals surface area (Å²) in [5, 5.41) is 0. The van der Waals surface area contributed by atoms with E-state index in [-0.39, 0.29) is 11.4 Å². The Balaban J connectivity index is 2.66. The molecule has 3 atom stereocenters. The lowest BCUT2D eigenvalue weighted by Gasteiger charge is -2.38. The van der Waals surface area contributed by atoms with Crippen LogP contribution in [0.2, 0.25) is 0 Å². The van der Waals surface area contributed by atoms with Crippen molar-refractivity contribution in [1.29, 1.82) is 0 Å². The van der Waals surface area contributed by atoms with E-state index in [0.717, 1.165) is 25.2 Å². The highest BCUT2D eigenvalue weighted by Gasteiger charge is 2.40. The highest BCUT2D eigenvalue weighted by atomic mass is 16.5. The zero-order valence-corrected chi connectivity index (χ0v) is 9.09. The normalized spacial score (nSPS) is 40.0. The van der Waals surface area contributed by atoms with Crippen LogP contribution in [0.1, 0.15) is 40.0 Å². The van der Waals surface area contributed by atoms with Crippen molar-refractivity contribution in [2.75, 3.05) is 7.11 Å². The molecular weight excluding hydrogens is 164 g/mol. The van der Waals surface area contributed by atoms with Gasteiger partial charge in [0, 0.05) is 0 Å². The van der Waals surface area contributed by atoms with Crippen LogP contribution in [0.4, 0.5) is 0 Å². The van der Waals surface area contributed by atoms with E-state index >= 15 is 0 Å². The maximum atomic E-state index is 11.5. The van der Waals surface area contributed by atoms with Gasteiger partial charge in [-0.05, 0) is 38.0 Å². The van der Waals surface area contributed by atoms with Crippen molar-refractivity contribution in [3.05, 3.63) is 0 Å². The third-order valence-corrected chi connectivity index (χ3v) is 3.57. The van der Waals surface area contributed by atoms with Gasteiger partial charge in [0.2, 0.25) is 0 Å². The quantitative estimate of drug-likeness (QED) is 0.585. The Labute approximate surface area is 80.7 Å². The maximum absolute atomic E-state index is 11.5. The number of carbonyl (C=O) groups excluding carboxylic acids is 1. The molecule has 1 aliphatic carbocycles. The molecule has 1 saturated carbocycles. The number of methoxy groups -OCH3 is 1. The highest BCUT2D eigenvalue weighted by Crippen LogP contribution is 2.42. The van der Waals surface area contributed by atoms with Gasteiger partial charge in [-0.2, -0.15) is 0 Å². The van der Waals surface area contributed by atoms with Crippen LogP contribution in [-0.4, -0.2) is 13.1 Å². The minimum atomic E-state index is -0.222. The summed E-state index contributed by atoms with van der Waals surface area (Å²) < 4.78 is 4.84. The first-order chi connectivity index (χ1) is 5.99. The molecule has 1 fully saturated rings. The number of esters is 1. The molecule has 0 aliphatic heterocycles. The second kappa shape index (κ2) is 3.69. The largest absolute Gasteiger partial charge is 0.469 e. The molecule has 0 aromatic heterocycles. The second-order valence-electron chi connectivity index (χ2n) is 4.75. The molecule has 0 heterocycles. The molecule has 1 unspecified atom stereocenters. The van der Waals surface area contributed by atoms with E-state index in [0.29, 0.717) is 5.92 Å². The van der Waals surface area contributed by atoms with Gasteiger partial charge in [-0.3, -0.25) is 4.79 Å². The van der Waals surface area contributed by atoms with E-state index in [1.807, 2.05) is 6.92 Å². The molecule has 0 N–H and O–H groups in total. The van der Waals surface area contributed by atoms with Gasteiger partial charge in [-0.1, -0.05) is 13.8 Å². The van der Waals surface area contributed by atoms with Crippen LogP contribution in [0.3, 0.4) is 0 Å². The van der Waals surface area contributed by atoms with E-state index < -0.39 is 0 Å². The van der Waals surface area contributed by atoms with Gasteiger partial charge in [-0.25, -0.2) is 0 Å². The molecule has 76 valence electrons. The van der Waals surface area contributed by atoms with Crippen LogP contribution in [0, 0.1) is 17.3 Å². The second-order valence-corrected chi connectivity index (χ2v) is 4.75. The number of hydrogen-bond acceptors (Lipinski definition) is 2. The monoisotopic (exact) mass is 184 g/mol. The topological polar surface area (TPSA) is 26.3 Å². The lowest BCUT2D eigenvalue weighted by atomic mass is 9.67. The van der Waals surface area contributed by atoms with E-state index in [9.17, 15) is 4.79 Å². The number of carbonyl (C=O) groups is 1. The predicted molar refractivity (Wildman–Crippen MR) is 52.3 cm³/mol. The first kappa shape index (κ1) is 10.6. The molecular formula is C11H20O2. The van der Waals surface area contributed by atoms with Crippen LogP contribution >= 0.6 is 0 Å². The van der Waals surface area contributed by atoms with Crippen molar-refractivity contribution in [2.45, 2.75) is 40.0 Å². The first-order valence-corrected chi connectivity index (χ1v) is 5.08. The summed E-state index contributed by atoms with van der Waals surface area (Å²) in [4.78, 5) is 11.5. The molecule has 1 rings (SSSR count). The number of rotatable bonds is 1. The molecule has 0 radical (unpaired) electrons. The van der Waals surface area contributed by atoms with Crippen LogP contribution in [0.15, 0.2) is 0 Å². The van der Waals surface area contributed by atoms with E-state index in [1.54, 1.807) is 0 Å². The zero-order chi connectivity index (χ0) is 10.1. The smallest absolute Gasteiger partial charge is 0.311 e. The average Bonchev–Trinajstić information content (AvgIpc) is 2.11. The van der Waals surface area contributed by atoms with Crippen molar-refractivity contribution in [2.24, 2.45) is 17.3 Å². The molecule has 2 heteroatoms. The minimum absolute atomic E-state index is 0.0359. The van der Waals surface area contributed by atoms with Gasteiger partial charge in [0.05, 0.1) is 12.5 Å². The fraction of sp³-hybridized carbons (Fsp3) is 0.909. The number of ether oxygens (including phenoxy) is 1.